The fourth-order valence-electron chi connectivity index (χ4n) is 4.14. The highest BCUT2D eigenvalue weighted by Gasteiger charge is 2.30. The van der Waals surface area contributed by atoms with Gasteiger partial charge in [-0.15, -0.1) is 0 Å². The number of hydrogen-bond donors (Lipinski definition) is 1. The molecule has 0 aliphatic carbocycles. The molecule has 10 heteroatoms. The minimum atomic E-state index is -4.52. The third-order valence-electron chi connectivity index (χ3n) is 6.23. The molecule has 4 aromatic rings. The lowest BCUT2D eigenvalue weighted by Gasteiger charge is -2.22. The predicted octanol–water partition coefficient (Wildman–Crippen LogP) is 6.97. The number of rotatable bonds is 10. The van der Waals surface area contributed by atoms with Crippen molar-refractivity contribution in [2.45, 2.75) is 32.4 Å². The Balaban J connectivity index is 1.58. The van der Waals surface area contributed by atoms with Crippen LogP contribution >= 0.6 is 0 Å². The summed E-state index contributed by atoms with van der Waals surface area (Å²) in [6, 6.07) is 20.5. The zero-order valence-corrected chi connectivity index (χ0v) is 21.8. The summed E-state index contributed by atoms with van der Waals surface area (Å²) in [7, 11) is 0. The maximum atomic E-state index is 13.6. The molecule has 0 radical (unpaired) electrons. The number of benzene rings is 3. The number of hydrogen-bond acceptors (Lipinski definition) is 3. The molecule has 40 heavy (non-hydrogen) atoms. The first-order valence-electron chi connectivity index (χ1n) is 12.8. The number of nitrogens with zero attached hydrogens (tertiary/aromatic N) is 3. The summed E-state index contributed by atoms with van der Waals surface area (Å²) in [4.78, 5) is 27.7. The SMILES string of the molecule is CCCCCN(CC(=O)Nc1cc(-c2ccccc2)nn1-c1ccc(F)cc1)C(=O)c1ccc(C(F)(F)F)cc1. The van der Waals surface area contributed by atoms with Crippen LogP contribution in [0.15, 0.2) is 84.9 Å². The van der Waals surface area contributed by atoms with Crippen LogP contribution in [0.2, 0.25) is 0 Å². The van der Waals surface area contributed by atoms with Gasteiger partial charge in [0.15, 0.2) is 0 Å². The number of anilines is 1. The van der Waals surface area contributed by atoms with Crippen molar-refractivity contribution in [3.05, 3.63) is 102 Å². The fourth-order valence-corrected chi connectivity index (χ4v) is 4.14. The Morgan fingerprint density at radius 1 is 0.925 bits per heavy atom. The first-order chi connectivity index (χ1) is 19.2. The van der Waals surface area contributed by atoms with E-state index in [1.807, 2.05) is 37.3 Å². The summed E-state index contributed by atoms with van der Waals surface area (Å²) in [5, 5.41) is 7.39. The summed E-state index contributed by atoms with van der Waals surface area (Å²) < 4.78 is 54.0. The minimum absolute atomic E-state index is 0.0556. The van der Waals surface area contributed by atoms with Gasteiger partial charge in [0.2, 0.25) is 5.91 Å². The van der Waals surface area contributed by atoms with Gasteiger partial charge in [-0.05, 0) is 55.0 Å². The molecular weight excluding hydrogens is 524 g/mol. The van der Waals surface area contributed by atoms with Crippen LogP contribution in [0.25, 0.3) is 16.9 Å². The molecule has 0 aliphatic rings. The van der Waals surface area contributed by atoms with Gasteiger partial charge >= 0.3 is 6.18 Å². The van der Waals surface area contributed by atoms with E-state index in [2.05, 4.69) is 10.4 Å². The number of unbranched alkanes of at least 4 members (excludes halogenated alkanes) is 2. The van der Waals surface area contributed by atoms with Gasteiger partial charge in [-0.1, -0.05) is 50.1 Å². The number of carbonyl (C=O) groups excluding carboxylic acids is 2. The van der Waals surface area contributed by atoms with Crippen LogP contribution in [0.1, 0.15) is 42.1 Å². The van der Waals surface area contributed by atoms with E-state index >= 15 is 0 Å². The van der Waals surface area contributed by atoms with Gasteiger partial charge in [-0.3, -0.25) is 9.59 Å². The van der Waals surface area contributed by atoms with E-state index < -0.39 is 29.4 Å². The van der Waals surface area contributed by atoms with E-state index in [0.717, 1.165) is 42.7 Å². The summed E-state index contributed by atoms with van der Waals surface area (Å²) in [6.07, 6.45) is -2.19. The van der Waals surface area contributed by atoms with Crippen LogP contribution in [0, 0.1) is 5.82 Å². The minimum Gasteiger partial charge on any atom is -0.329 e. The first-order valence-corrected chi connectivity index (χ1v) is 12.8. The Bertz CT molecular complexity index is 1430. The maximum Gasteiger partial charge on any atom is 0.416 e. The highest BCUT2D eigenvalue weighted by atomic mass is 19.4. The van der Waals surface area contributed by atoms with Crippen LogP contribution in [0.5, 0.6) is 0 Å². The molecule has 0 atom stereocenters. The molecule has 1 N–H and O–H groups in total. The quantitative estimate of drug-likeness (QED) is 0.171. The van der Waals surface area contributed by atoms with Gasteiger partial charge in [0.05, 0.1) is 16.9 Å². The zero-order valence-electron chi connectivity index (χ0n) is 21.8. The van der Waals surface area contributed by atoms with Gasteiger partial charge in [-0.25, -0.2) is 9.07 Å². The zero-order chi connectivity index (χ0) is 28.7. The second-order valence-electron chi connectivity index (χ2n) is 9.23. The fraction of sp³-hybridized carbons (Fsp3) is 0.233. The van der Waals surface area contributed by atoms with E-state index in [1.54, 1.807) is 6.07 Å². The highest BCUT2D eigenvalue weighted by Crippen LogP contribution is 2.29. The third-order valence-corrected chi connectivity index (χ3v) is 6.23. The van der Waals surface area contributed by atoms with Crippen LogP contribution in [-0.2, 0) is 11.0 Å². The van der Waals surface area contributed by atoms with Gasteiger partial charge in [0.1, 0.15) is 18.2 Å². The van der Waals surface area contributed by atoms with Gasteiger partial charge in [0, 0.05) is 23.7 Å². The van der Waals surface area contributed by atoms with Crippen LogP contribution in [-0.4, -0.2) is 39.6 Å². The van der Waals surface area contributed by atoms with Crippen molar-refractivity contribution in [3.8, 4) is 16.9 Å². The van der Waals surface area contributed by atoms with E-state index in [9.17, 15) is 27.2 Å². The lowest BCUT2D eigenvalue weighted by atomic mass is 10.1. The molecule has 3 aromatic carbocycles. The monoisotopic (exact) mass is 552 g/mol. The Kier molecular flexibility index (Phi) is 8.98. The molecule has 208 valence electrons. The van der Waals surface area contributed by atoms with Gasteiger partial charge in [0.25, 0.3) is 5.91 Å². The molecule has 1 heterocycles. The maximum absolute atomic E-state index is 13.6. The van der Waals surface area contributed by atoms with Crippen molar-refractivity contribution < 1.29 is 27.2 Å². The molecule has 6 nitrogen and oxygen atoms in total. The van der Waals surface area contributed by atoms with Crippen molar-refractivity contribution in [1.82, 2.24) is 14.7 Å². The van der Waals surface area contributed by atoms with Crippen molar-refractivity contribution in [3.63, 3.8) is 0 Å². The molecular formula is C30H28F4N4O2. The van der Waals surface area contributed by atoms with Crippen LogP contribution in [0.3, 0.4) is 0 Å². The number of aromatic nitrogens is 2. The average molecular weight is 553 g/mol. The molecule has 2 amide bonds. The predicted molar refractivity (Wildman–Crippen MR) is 144 cm³/mol. The van der Waals surface area contributed by atoms with E-state index in [0.29, 0.717) is 23.6 Å². The third kappa shape index (κ3) is 7.13. The molecule has 0 unspecified atom stereocenters. The van der Waals surface area contributed by atoms with Crippen molar-refractivity contribution in [2.75, 3.05) is 18.4 Å². The van der Waals surface area contributed by atoms with Crippen molar-refractivity contribution >= 4 is 17.6 Å². The second kappa shape index (κ2) is 12.6. The standard InChI is InChI=1S/C30H28F4N4O2/c1-2-3-7-18-37(29(40)22-10-12-23(13-11-22)30(32,33)34)20-28(39)35-27-19-26(21-8-5-4-6-9-21)36-38(27)25-16-14-24(31)15-17-25/h4-6,8-17,19H,2-3,7,18,20H2,1H3,(H,35,39). The Hall–Kier alpha value is -4.47. The van der Waals surface area contributed by atoms with Gasteiger partial charge < -0.3 is 10.2 Å². The lowest BCUT2D eigenvalue weighted by molar-refractivity contribution is -0.137. The van der Waals surface area contributed by atoms with Crippen molar-refractivity contribution in [2.24, 2.45) is 0 Å². The Morgan fingerprint density at radius 2 is 1.60 bits per heavy atom. The smallest absolute Gasteiger partial charge is 0.329 e. The number of amides is 2. The van der Waals surface area contributed by atoms with Crippen molar-refractivity contribution in [1.29, 1.82) is 0 Å². The Labute approximate surface area is 229 Å². The molecule has 0 bridgehead atoms. The highest BCUT2D eigenvalue weighted by molar-refractivity contribution is 5.99. The van der Waals surface area contributed by atoms with E-state index in [-0.39, 0.29) is 18.7 Å². The number of nitrogens with one attached hydrogen (secondary N) is 1. The summed E-state index contributed by atoms with van der Waals surface area (Å²) >= 11 is 0. The largest absolute Gasteiger partial charge is 0.416 e. The topological polar surface area (TPSA) is 67.2 Å². The number of alkyl halides is 3. The normalized spacial score (nSPS) is 11.3. The molecule has 1 aromatic heterocycles. The van der Waals surface area contributed by atoms with E-state index in [4.69, 9.17) is 0 Å². The van der Waals surface area contributed by atoms with Gasteiger partial charge in [-0.2, -0.15) is 18.3 Å². The number of carbonyl (C=O) groups is 2. The second-order valence-corrected chi connectivity index (χ2v) is 9.23. The van der Waals surface area contributed by atoms with E-state index in [1.165, 1.54) is 33.8 Å². The number of halogens is 4. The average Bonchev–Trinajstić information content (AvgIpc) is 3.36. The summed E-state index contributed by atoms with van der Waals surface area (Å²) in [5.74, 6) is -1.17. The van der Waals surface area contributed by atoms with Crippen LogP contribution in [0.4, 0.5) is 23.4 Å². The molecule has 0 spiro atoms. The Morgan fingerprint density at radius 3 is 2.23 bits per heavy atom. The first kappa shape index (κ1) is 28.5. The summed E-state index contributed by atoms with van der Waals surface area (Å²) in [5.41, 5.74) is 1.08. The molecule has 0 fully saturated rings. The molecule has 0 aliphatic heterocycles. The van der Waals surface area contributed by atoms with Crippen LogP contribution < -0.4 is 5.32 Å². The molecule has 0 saturated carbocycles. The summed E-state index contributed by atoms with van der Waals surface area (Å²) in [6.45, 7) is 1.93. The lowest BCUT2D eigenvalue weighted by Crippen LogP contribution is -2.39. The molecule has 4 rings (SSSR count). The molecule has 0 saturated heterocycles.